The number of hydrogen-bond donors (Lipinski definition) is 1. The fourth-order valence-electron chi connectivity index (χ4n) is 4.86. The van der Waals surface area contributed by atoms with Gasteiger partial charge in [-0.2, -0.15) is 26.9 Å². The van der Waals surface area contributed by atoms with Crippen molar-refractivity contribution in [3.63, 3.8) is 0 Å². The quantitative estimate of drug-likeness (QED) is 0.180. The van der Waals surface area contributed by atoms with E-state index in [4.69, 9.17) is 0 Å². The van der Waals surface area contributed by atoms with Crippen LogP contribution in [-0.4, -0.2) is 56.5 Å². The fraction of sp³-hybridized carbons (Fsp3) is 0.303. The van der Waals surface area contributed by atoms with Crippen LogP contribution < -0.4 is 15.0 Å². The lowest BCUT2D eigenvalue weighted by Crippen LogP contribution is -2.41. The van der Waals surface area contributed by atoms with Crippen LogP contribution in [0, 0.1) is 6.92 Å². The van der Waals surface area contributed by atoms with E-state index < -0.39 is 24.1 Å². The number of aliphatic imine (C=N–C) groups is 1. The number of ether oxygens (including phenoxy) is 1. The number of hydrogen-bond acceptors (Lipinski definition) is 6. The van der Waals surface area contributed by atoms with Crippen molar-refractivity contribution in [1.82, 2.24) is 20.1 Å². The number of anilines is 1. The van der Waals surface area contributed by atoms with Crippen LogP contribution in [0.15, 0.2) is 78.0 Å². The third-order valence-corrected chi connectivity index (χ3v) is 8.40. The Morgan fingerprint density at radius 1 is 1.02 bits per heavy atom. The van der Waals surface area contributed by atoms with E-state index in [-0.39, 0.29) is 30.0 Å². The molecule has 0 aliphatic carbocycles. The van der Waals surface area contributed by atoms with Gasteiger partial charge in [-0.25, -0.2) is 14.5 Å². The molecule has 0 radical (unpaired) electrons. The molecule has 1 aliphatic rings. The Bertz CT molecular complexity index is 1820. The summed E-state index contributed by atoms with van der Waals surface area (Å²) in [5, 5.41) is 7.52. The molecule has 1 aliphatic heterocycles. The number of nitrogens with one attached hydrogen (secondary N) is 1. The Labute approximate surface area is 277 Å². The molecule has 1 unspecified atom stereocenters. The molecule has 48 heavy (non-hydrogen) atoms. The molecule has 0 spiro atoms. The number of urea groups is 1. The predicted molar refractivity (Wildman–Crippen MR) is 173 cm³/mol. The first kappa shape index (κ1) is 34.5. The van der Waals surface area contributed by atoms with Gasteiger partial charge in [-0.05, 0) is 65.8 Å². The first-order chi connectivity index (χ1) is 22.6. The molecule has 3 amide bonds. The molecule has 1 aromatic heterocycles. The summed E-state index contributed by atoms with van der Waals surface area (Å²) in [6.07, 6.45) is -9.79. The van der Waals surface area contributed by atoms with Crippen molar-refractivity contribution in [2.45, 2.75) is 51.8 Å². The van der Waals surface area contributed by atoms with Gasteiger partial charge in [-0.1, -0.05) is 68.9 Å². The number of carbonyl (C=O) groups is 2. The van der Waals surface area contributed by atoms with E-state index in [2.05, 4.69) is 25.1 Å². The van der Waals surface area contributed by atoms with Crippen molar-refractivity contribution in [2.24, 2.45) is 4.99 Å². The lowest BCUT2D eigenvalue weighted by atomic mass is 9.99. The lowest BCUT2D eigenvalue weighted by molar-refractivity contribution is -0.360. The summed E-state index contributed by atoms with van der Waals surface area (Å²) in [5.41, 5.74) is 4.68. The number of halogens is 5. The third-order valence-electron chi connectivity index (χ3n) is 7.48. The molecular formula is C33H31F5N6O3S. The van der Waals surface area contributed by atoms with Gasteiger partial charge >= 0.3 is 18.3 Å². The first-order valence-corrected chi connectivity index (χ1v) is 15.8. The summed E-state index contributed by atoms with van der Waals surface area (Å²) in [5.74, 6) is -0.162. The zero-order valence-electron chi connectivity index (χ0n) is 26.3. The number of amides is 3. The van der Waals surface area contributed by atoms with Crippen molar-refractivity contribution in [2.75, 3.05) is 17.2 Å². The van der Waals surface area contributed by atoms with Gasteiger partial charge in [0.05, 0.1) is 17.1 Å². The third kappa shape index (κ3) is 7.67. The second kappa shape index (κ2) is 13.7. The minimum atomic E-state index is -5.84. The zero-order chi connectivity index (χ0) is 34.8. The van der Waals surface area contributed by atoms with E-state index in [1.807, 2.05) is 58.0 Å². The van der Waals surface area contributed by atoms with Crippen molar-refractivity contribution in [3.8, 4) is 22.8 Å². The lowest BCUT2D eigenvalue weighted by Gasteiger charge is -2.22. The maximum atomic E-state index is 13.2. The van der Waals surface area contributed by atoms with Gasteiger partial charge in [-0.15, -0.1) is 5.10 Å². The summed E-state index contributed by atoms with van der Waals surface area (Å²) in [4.78, 5) is 35.6. The summed E-state index contributed by atoms with van der Waals surface area (Å²) < 4.78 is 68.7. The van der Waals surface area contributed by atoms with Crippen LogP contribution in [0.4, 0.5) is 32.4 Å². The van der Waals surface area contributed by atoms with Gasteiger partial charge in [0.2, 0.25) is 5.91 Å². The standard InChI is InChI=1S/C33H31F5N6O3S/c1-19(2)26-14-5-20(3)15-27(26)44-28(45)17-48-31(44)41-30(46)39-16-21(4)22-6-8-23(9-7-22)29-40-18-43(42-29)24-10-12-25(13-11-24)47-33(37,38)32(34,35)36/h5-15,18-19,21H,16-17H2,1-4H3,(H,39,46). The van der Waals surface area contributed by atoms with Crippen molar-refractivity contribution >= 4 is 34.6 Å². The van der Waals surface area contributed by atoms with Crippen LogP contribution in [-0.2, 0) is 4.79 Å². The number of amidine groups is 1. The minimum absolute atomic E-state index is 0.0857. The highest BCUT2D eigenvalue weighted by molar-refractivity contribution is 8.15. The number of rotatable bonds is 9. The van der Waals surface area contributed by atoms with Crippen LogP contribution in [0.3, 0.4) is 0 Å². The van der Waals surface area contributed by atoms with Crippen molar-refractivity contribution in [1.29, 1.82) is 0 Å². The summed E-state index contributed by atoms with van der Waals surface area (Å²) in [6.45, 7) is 8.27. The highest BCUT2D eigenvalue weighted by Gasteiger charge is 2.61. The smallest absolute Gasteiger partial charge is 0.426 e. The Hall–Kier alpha value is -4.79. The molecule has 0 bridgehead atoms. The highest BCUT2D eigenvalue weighted by Crippen LogP contribution is 2.37. The molecule has 3 aromatic carbocycles. The van der Waals surface area contributed by atoms with E-state index in [0.717, 1.165) is 34.5 Å². The topological polar surface area (TPSA) is 102 Å². The number of aryl methyl sites for hydroxylation is 1. The Morgan fingerprint density at radius 2 is 1.71 bits per heavy atom. The SMILES string of the molecule is Cc1ccc(C(C)C)c(N2C(=O)CSC2=NC(=O)NCC(C)c2ccc(-c3ncn(-c4ccc(OC(F)(F)C(F)(F)F)cc4)n3)cc2)c1. The van der Waals surface area contributed by atoms with Gasteiger partial charge < -0.3 is 10.1 Å². The van der Waals surface area contributed by atoms with E-state index in [1.54, 1.807) is 12.1 Å². The molecule has 1 saturated heterocycles. The van der Waals surface area contributed by atoms with E-state index in [1.165, 1.54) is 39.8 Å². The van der Waals surface area contributed by atoms with Crippen molar-refractivity contribution < 1.29 is 36.3 Å². The van der Waals surface area contributed by atoms with Gasteiger partial charge in [0, 0.05) is 12.1 Å². The Kier molecular flexibility index (Phi) is 9.89. The molecule has 1 atom stereocenters. The molecule has 0 saturated carbocycles. The zero-order valence-corrected chi connectivity index (χ0v) is 27.1. The first-order valence-electron chi connectivity index (χ1n) is 14.8. The van der Waals surface area contributed by atoms with E-state index in [0.29, 0.717) is 22.2 Å². The molecule has 9 nitrogen and oxygen atoms in total. The summed E-state index contributed by atoms with van der Waals surface area (Å²) in [6, 6.07) is 17.2. The van der Waals surface area contributed by atoms with Gasteiger partial charge in [0.15, 0.2) is 11.0 Å². The van der Waals surface area contributed by atoms with Crippen LogP contribution in [0.2, 0.25) is 0 Å². The molecular weight excluding hydrogens is 655 g/mol. The number of aromatic nitrogens is 3. The Balaban J connectivity index is 1.20. The largest absolute Gasteiger partial charge is 0.499 e. The number of benzene rings is 3. The molecule has 1 N–H and O–H groups in total. The molecule has 5 rings (SSSR count). The number of carbonyl (C=O) groups excluding carboxylic acids is 2. The average Bonchev–Trinajstić information content (AvgIpc) is 3.66. The molecule has 4 aromatic rings. The van der Waals surface area contributed by atoms with Gasteiger partial charge in [0.25, 0.3) is 0 Å². The summed E-state index contributed by atoms with van der Waals surface area (Å²) >= 11 is 1.22. The molecule has 15 heteroatoms. The second-order valence-electron chi connectivity index (χ2n) is 11.5. The van der Waals surface area contributed by atoms with Crippen LogP contribution in [0.5, 0.6) is 5.75 Å². The molecule has 252 valence electrons. The second-order valence-corrected chi connectivity index (χ2v) is 12.4. The average molecular weight is 687 g/mol. The van der Waals surface area contributed by atoms with Gasteiger partial charge in [-0.3, -0.25) is 9.69 Å². The summed E-state index contributed by atoms with van der Waals surface area (Å²) in [7, 11) is 0. The van der Waals surface area contributed by atoms with E-state index in [9.17, 15) is 31.5 Å². The maximum Gasteiger partial charge on any atom is 0.499 e. The van der Waals surface area contributed by atoms with Gasteiger partial charge in [0.1, 0.15) is 12.1 Å². The normalized spacial score (nSPS) is 15.3. The van der Waals surface area contributed by atoms with Crippen LogP contribution >= 0.6 is 11.8 Å². The van der Waals surface area contributed by atoms with Crippen molar-refractivity contribution in [3.05, 3.63) is 89.7 Å². The Morgan fingerprint density at radius 3 is 2.35 bits per heavy atom. The molecule has 2 heterocycles. The fourth-order valence-corrected chi connectivity index (χ4v) is 5.71. The van der Waals surface area contributed by atoms with Crippen LogP contribution in [0.25, 0.3) is 17.1 Å². The predicted octanol–water partition coefficient (Wildman–Crippen LogP) is 7.85. The number of nitrogens with zero attached hydrogens (tertiary/aromatic N) is 5. The minimum Gasteiger partial charge on any atom is -0.426 e. The number of alkyl halides is 5. The van der Waals surface area contributed by atoms with Crippen LogP contribution in [0.1, 0.15) is 49.3 Å². The maximum absolute atomic E-state index is 13.2. The monoisotopic (exact) mass is 686 g/mol. The highest BCUT2D eigenvalue weighted by atomic mass is 32.2. The number of thioether (sulfide) groups is 1. The molecule has 1 fully saturated rings. The van der Waals surface area contributed by atoms with E-state index >= 15 is 0 Å².